The van der Waals surface area contributed by atoms with Crippen LogP contribution in [0.1, 0.15) is 11.1 Å². The van der Waals surface area contributed by atoms with Crippen LogP contribution in [0.3, 0.4) is 0 Å². The van der Waals surface area contributed by atoms with Crippen molar-refractivity contribution in [2.75, 3.05) is 7.05 Å². The molecule has 1 aromatic heterocycles. The first-order valence-electron chi connectivity index (χ1n) is 6.71. The Bertz CT molecular complexity index is 803. The van der Waals surface area contributed by atoms with Gasteiger partial charge in [0.1, 0.15) is 0 Å². The summed E-state index contributed by atoms with van der Waals surface area (Å²) in [7, 11) is 1.62. The van der Waals surface area contributed by atoms with Gasteiger partial charge in [-0.15, -0.1) is 0 Å². The molecule has 0 atom stereocenters. The van der Waals surface area contributed by atoms with Crippen molar-refractivity contribution in [1.29, 1.82) is 0 Å². The first-order chi connectivity index (χ1) is 10.3. The van der Waals surface area contributed by atoms with Crippen LogP contribution in [-0.4, -0.2) is 23.2 Å². The molecule has 0 unspecified atom stereocenters. The van der Waals surface area contributed by atoms with E-state index >= 15 is 0 Å². The number of rotatable bonds is 3. The molecule has 0 aliphatic heterocycles. The van der Waals surface area contributed by atoms with Crippen molar-refractivity contribution in [3.8, 4) is 0 Å². The number of nitrogens with one attached hydrogen (secondary N) is 2. The number of aromatic nitrogens is 2. The minimum absolute atomic E-state index is 0.130. The molecule has 3 rings (SSSR count). The van der Waals surface area contributed by atoms with Crippen molar-refractivity contribution in [1.82, 2.24) is 15.5 Å². The van der Waals surface area contributed by atoms with Crippen molar-refractivity contribution in [3.05, 3.63) is 71.9 Å². The second-order valence-corrected chi connectivity index (χ2v) is 4.68. The number of carbonyl (C=O) groups is 1. The highest BCUT2D eigenvalue weighted by atomic mass is 16.1. The number of amides is 1. The lowest BCUT2D eigenvalue weighted by Crippen LogP contribution is -2.15. The van der Waals surface area contributed by atoms with E-state index in [0.29, 0.717) is 0 Å². The Kier molecular flexibility index (Phi) is 3.51. The predicted octanol–water partition coefficient (Wildman–Crippen LogP) is 2.74. The molecule has 0 bridgehead atoms. The fourth-order valence-corrected chi connectivity index (χ4v) is 2.34. The molecule has 0 aliphatic carbocycles. The predicted molar refractivity (Wildman–Crippen MR) is 83.7 cm³/mol. The number of hydrogen-bond donors (Lipinski definition) is 2. The molecule has 2 N–H and O–H groups in total. The molecule has 21 heavy (non-hydrogen) atoms. The largest absolute Gasteiger partial charge is 0.356 e. The van der Waals surface area contributed by atoms with Crippen LogP contribution in [0.2, 0.25) is 0 Å². The molecule has 0 saturated carbocycles. The van der Waals surface area contributed by atoms with Gasteiger partial charge in [-0.25, -0.2) is 0 Å². The summed E-state index contributed by atoms with van der Waals surface area (Å²) in [5.74, 6) is -0.130. The number of aromatic amines is 1. The van der Waals surface area contributed by atoms with E-state index in [0.717, 1.165) is 27.6 Å². The number of carbonyl (C=O) groups excluding carboxylic acids is 1. The molecule has 104 valence electrons. The topological polar surface area (TPSA) is 57.8 Å². The van der Waals surface area contributed by atoms with Gasteiger partial charge in [0, 0.05) is 18.5 Å². The lowest BCUT2D eigenvalue weighted by molar-refractivity contribution is -0.116. The molecule has 1 amide bonds. The third kappa shape index (κ3) is 2.56. The lowest BCUT2D eigenvalue weighted by Gasteiger charge is -2.09. The van der Waals surface area contributed by atoms with Gasteiger partial charge in [0.05, 0.1) is 11.7 Å². The second-order valence-electron chi connectivity index (χ2n) is 4.68. The number of fused-ring (bicyclic) bond motifs is 1. The molecule has 0 spiro atoms. The molecular formula is C17H15N3O. The number of nitrogens with zero attached hydrogens (tertiary/aromatic N) is 1. The van der Waals surface area contributed by atoms with E-state index in [9.17, 15) is 4.79 Å². The zero-order valence-electron chi connectivity index (χ0n) is 11.6. The Balaban J connectivity index is 2.23. The van der Waals surface area contributed by atoms with Crippen LogP contribution < -0.4 is 5.32 Å². The first-order valence-corrected chi connectivity index (χ1v) is 6.71. The van der Waals surface area contributed by atoms with Gasteiger partial charge in [-0.2, -0.15) is 5.10 Å². The standard InChI is InChI=1S/C17H15N3O/c1-18-17(21)10-14(12-6-3-2-4-7-12)13-8-5-9-16-15(13)11-19-20-16/h2-11H,1H3,(H,18,21)(H,19,20)/b14-10+. The fourth-order valence-electron chi connectivity index (χ4n) is 2.34. The minimum atomic E-state index is -0.130. The Morgan fingerprint density at radius 1 is 1.14 bits per heavy atom. The van der Waals surface area contributed by atoms with Crippen molar-refractivity contribution >= 4 is 22.4 Å². The van der Waals surface area contributed by atoms with Gasteiger partial charge in [0.2, 0.25) is 5.91 Å². The Morgan fingerprint density at radius 3 is 2.71 bits per heavy atom. The van der Waals surface area contributed by atoms with Gasteiger partial charge in [0.15, 0.2) is 0 Å². The molecular weight excluding hydrogens is 262 g/mol. The molecule has 3 aromatic rings. The maximum Gasteiger partial charge on any atom is 0.244 e. The highest BCUT2D eigenvalue weighted by molar-refractivity contribution is 6.04. The van der Waals surface area contributed by atoms with E-state index in [1.807, 2.05) is 48.5 Å². The summed E-state index contributed by atoms with van der Waals surface area (Å²) in [4.78, 5) is 11.8. The average molecular weight is 277 g/mol. The quantitative estimate of drug-likeness (QED) is 0.723. The van der Waals surface area contributed by atoms with Gasteiger partial charge in [-0.3, -0.25) is 9.89 Å². The minimum Gasteiger partial charge on any atom is -0.356 e. The molecule has 0 saturated heterocycles. The summed E-state index contributed by atoms with van der Waals surface area (Å²) in [6.45, 7) is 0. The number of hydrogen-bond acceptors (Lipinski definition) is 2. The van der Waals surface area contributed by atoms with E-state index in [1.54, 1.807) is 19.3 Å². The molecule has 0 fully saturated rings. The van der Waals surface area contributed by atoms with Crippen molar-refractivity contribution in [2.24, 2.45) is 0 Å². The fraction of sp³-hybridized carbons (Fsp3) is 0.0588. The summed E-state index contributed by atoms with van der Waals surface area (Å²) in [5.41, 5.74) is 3.80. The van der Waals surface area contributed by atoms with E-state index in [1.165, 1.54) is 0 Å². The molecule has 1 heterocycles. The van der Waals surface area contributed by atoms with Crippen LogP contribution in [0.4, 0.5) is 0 Å². The van der Waals surface area contributed by atoms with E-state index in [4.69, 9.17) is 0 Å². The molecule has 0 aliphatic rings. The highest BCUT2D eigenvalue weighted by Gasteiger charge is 2.11. The number of benzene rings is 2. The van der Waals surface area contributed by atoms with E-state index in [2.05, 4.69) is 15.5 Å². The monoisotopic (exact) mass is 277 g/mol. The molecule has 4 nitrogen and oxygen atoms in total. The van der Waals surface area contributed by atoms with Gasteiger partial charge in [0.25, 0.3) is 0 Å². The summed E-state index contributed by atoms with van der Waals surface area (Å²) in [6.07, 6.45) is 3.41. The smallest absolute Gasteiger partial charge is 0.244 e. The zero-order valence-corrected chi connectivity index (χ0v) is 11.6. The maximum absolute atomic E-state index is 11.8. The summed E-state index contributed by atoms with van der Waals surface area (Å²) in [6, 6.07) is 15.8. The zero-order chi connectivity index (χ0) is 14.7. The van der Waals surface area contributed by atoms with Crippen LogP contribution in [0.5, 0.6) is 0 Å². The van der Waals surface area contributed by atoms with Gasteiger partial charge < -0.3 is 5.32 Å². The van der Waals surface area contributed by atoms with Crippen LogP contribution >= 0.6 is 0 Å². The van der Waals surface area contributed by atoms with E-state index in [-0.39, 0.29) is 5.91 Å². The Morgan fingerprint density at radius 2 is 1.95 bits per heavy atom. The van der Waals surface area contributed by atoms with Gasteiger partial charge in [-0.1, -0.05) is 42.5 Å². The van der Waals surface area contributed by atoms with Crippen molar-refractivity contribution in [2.45, 2.75) is 0 Å². The average Bonchev–Trinajstić information content (AvgIpc) is 3.02. The Hall–Kier alpha value is -2.88. The normalized spacial score (nSPS) is 11.6. The number of H-pyrrole nitrogens is 1. The molecule has 4 heteroatoms. The SMILES string of the molecule is CNC(=O)/C=C(\c1ccccc1)c1cccc2[nH]ncc12. The third-order valence-corrected chi connectivity index (χ3v) is 3.38. The maximum atomic E-state index is 11.8. The van der Waals surface area contributed by atoms with Crippen LogP contribution in [0.25, 0.3) is 16.5 Å². The van der Waals surface area contributed by atoms with Crippen molar-refractivity contribution < 1.29 is 4.79 Å². The first kappa shape index (κ1) is 13.1. The number of likely N-dealkylation sites (N-methyl/N-ethyl adjacent to an activating group) is 1. The van der Waals surface area contributed by atoms with Crippen LogP contribution in [-0.2, 0) is 4.79 Å². The summed E-state index contributed by atoms with van der Waals surface area (Å²) in [5, 5.41) is 10.7. The molecule has 2 aromatic carbocycles. The summed E-state index contributed by atoms with van der Waals surface area (Å²) >= 11 is 0. The van der Waals surface area contributed by atoms with E-state index < -0.39 is 0 Å². The van der Waals surface area contributed by atoms with Crippen LogP contribution in [0.15, 0.2) is 60.8 Å². The second kappa shape index (κ2) is 5.63. The highest BCUT2D eigenvalue weighted by Crippen LogP contribution is 2.28. The Labute approximate surface area is 122 Å². The van der Waals surface area contributed by atoms with Crippen LogP contribution in [0, 0.1) is 0 Å². The van der Waals surface area contributed by atoms with Gasteiger partial charge >= 0.3 is 0 Å². The van der Waals surface area contributed by atoms with Gasteiger partial charge in [-0.05, 0) is 22.8 Å². The summed E-state index contributed by atoms with van der Waals surface area (Å²) < 4.78 is 0. The third-order valence-electron chi connectivity index (χ3n) is 3.38. The van der Waals surface area contributed by atoms with Crippen molar-refractivity contribution in [3.63, 3.8) is 0 Å². The molecule has 0 radical (unpaired) electrons. The lowest BCUT2D eigenvalue weighted by atomic mass is 9.95.